The molecule has 0 fully saturated rings. The van der Waals surface area contributed by atoms with Gasteiger partial charge in [0.15, 0.2) is 5.78 Å². The van der Waals surface area contributed by atoms with Crippen LogP contribution in [-0.4, -0.2) is 20.0 Å². The van der Waals surface area contributed by atoms with Gasteiger partial charge in [-0.3, -0.25) is 4.79 Å². The van der Waals surface area contributed by atoms with Crippen molar-refractivity contribution in [3.05, 3.63) is 64.8 Å². The summed E-state index contributed by atoms with van der Waals surface area (Å²) in [6.07, 6.45) is 3.06. The lowest BCUT2D eigenvalue weighted by atomic mass is 10.1. The number of carbonyl (C=O) groups is 1. The van der Waals surface area contributed by atoms with Gasteiger partial charge in [0.2, 0.25) is 0 Å². The standard InChI is InChI=1S/C17H16BrNO3/c1-21-14-7-8-17(22-2)15(11-14)19-10-9-16(20)12-3-5-13(18)6-4-12/h3-11,19H,1-2H3. The van der Waals surface area contributed by atoms with Crippen molar-refractivity contribution in [2.75, 3.05) is 19.5 Å². The molecule has 0 saturated heterocycles. The second kappa shape index (κ2) is 7.66. The van der Waals surface area contributed by atoms with Gasteiger partial charge in [0.1, 0.15) is 11.5 Å². The highest BCUT2D eigenvalue weighted by Gasteiger charge is 2.04. The van der Waals surface area contributed by atoms with Crippen molar-refractivity contribution in [2.24, 2.45) is 0 Å². The number of ketones is 1. The third-order valence-corrected chi connectivity index (χ3v) is 3.54. The maximum Gasteiger partial charge on any atom is 0.187 e. The fraction of sp³-hybridized carbons (Fsp3) is 0.118. The van der Waals surface area contributed by atoms with Crippen molar-refractivity contribution in [1.82, 2.24) is 0 Å². The van der Waals surface area contributed by atoms with Crippen LogP contribution in [-0.2, 0) is 0 Å². The Balaban J connectivity index is 2.08. The van der Waals surface area contributed by atoms with Gasteiger partial charge in [0.05, 0.1) is 19.9 Å². The Labute approximate surface area is 137 Å². The van der Waals surface area contributed by atoms with Crippen molar-refractivity contribution in [3.63, 3.8) is 0 Å². The van der Waals surface area contributed by atoms with Gasteiger partial charge in [0, 0.05) is 28.4 Å². The fourth-order valence-electron chi connectivity index (χ4n) is 1.84. The monoisotopic (exact) mass is 361 g/mol. The molecule has 0 saturated carbocycles. The Morgan fingerprint density at radius 1 is 1.09 bits per heavy atom. The third kappa shape index (κ3) is 4.11. The molecule has 0 spiro atoms. The van der Waals surface area contributed by atoms with Gasteiger partial charge < -0.3 is 14.8 Å². The highest BCUT2D eigenvalue weighted by atomic mass is 79.9. The number of nitrogens with one attached hydrogen (secondary N) is 1. The first-order valence-electron chi connectivity index (χ1n) is 6.59. The van der Waals surface area contributed by atoms with E-state index in [9.17, 15) is 4.79 Å². The summed E-state index contributed by atoms with van der Waals surface area (Å²) in [7, 11) is 3.18. The first kappa shape index (κ1) is 16.1. The second-order valence-corrected chi connectivity index (χ2v) is 5.33. The molecule has 0 amide bonds. The smallest absolute Gasteiger partial charge is 0.187 e. The average molecular weight is 362 g/mol. The van der Waals surface area contributed by atoms with E-state index in [0.29, 0.717) is 17.1 Å². The van der Waals surface area contributed by atoms with Crippen molar-refractivity contribution >= 4 is 27.4 Å². The highest BCUT2D eigenvalue weighted by Crippen LogP contribution is 2.28. The number of halogens is 1. The Morgan fingerprint density at radius 2 is 1.82 bits per heavy atom. The van der Waals surface area contributed by atoms with Crippen LogP contribution in [0.3, 0.4) is 0 Å². The van der Waals surface area contributed by atoms with Crippen molar-refractivity contribution in [1.29, 1.82) is 0 Å². The molecule has 2 rings (SSSR count). The summed E-state index contributed by atoms with van der Waals surface area (Å²) in [6.45, 7) is 0. The maximum atomic E-state index is 12.0. The molecule has 0 bridgehead atoms. The van der Waals surface area contributed by atoms with E-state index in [1.807, 2.05) is 12.1 Å². The van der Waals surface area contributed by atoms with Crippen LogP contribution in [0, 0.1) is 0 Å². The van der Waals surface area contributed by atoms with Gasteiger partial charge in [0.25, 0.3) is 0 Å². The minimum atomic E-state index is -0.0816. The van der Waals surface area contributed by atoms with E-state index < -0.39 is 0 Å². The lowest BCUT2D eigenvalue weighted by molar-refractivity contribution is 0.104. The molecule has 114 valence electrons. The Morgan fingerprint density at radius 3 is 2.45 bits per heavy atom. The lowest BCUT2D eigenvalue weighted by Crippen LogP contribution is -1.98. The van der Waals surface area contributed by atoms with Crippen LogP contribution in [0.4, 0.5) is 5.69 Å². The van der Waals surface area contributed by atoms with Crippen LogP contribution < -0.4 is 14.8 Å². The molecular weight excluding hydrogens is 346 g/mol. The summed E-state index contributed by atoms with van der Waals surface area (Å²) in [6, 6.07) is 12.6. The number of benzene rings is 2. The molecule has 0 atom stereocenters. The Kier molecular flexibility index (Phi) is 5.61. The predicted molar refractivity (Wildman–Crippen MR) is 90.8 cm³/mol. The lowest BCUT2D eigenvalue weighted by Gasteiger charge is -2.09. The minimum absolute atomic E-state index is 0.0816. The quantitative estimate of drug-likeness (QED) is 0.616. The van der Waals surface area contributed by atoms with Gasteiger partial charge in [-0.15, -0.1) is 0 Å². The number of rotatable bonds is 6. The number of allylic oxidation sites excluding steroid dienone is 1. The van der Waals surface area contributed by atoms with Crippen LogP contribution >= 0.6 is 15.9 Å². The zero-order valence-corrected chi connectivity index (χ0v) is 13.9. The third-order valence-electron chi connectivity index (χ3n) is 3.01. The zero-order valence-electron chi connectivity index (χ0n) is 12.3. The first-order valence-corrected chi connectivity index (χ1v) is 7.38. The molecule has 0 radical (unpaired) electrons. The van der Waals surface area contributed by atoms with E-state index >= 15 is 0 Å². The summed E-state index contributed by atoms with van der Waals surface area (Å²) < 4.78 is 11.4. The van der Waals surface area contributed by atoms with Gasteiger partial charge >= 0.3 is 0 Å². The largest absolute Gasteiger partial charge is 0.497 e. The molecule has 22 heavy (non-hydrogen) atoms. The Hall–Kier alpha value is -2.27. The number of hydrogen-bond acceptors (Lipinski definition) is 4. The van der Waals surface area contributed by atoms with Crippen molar-refractivity contribution in [3.8, 4) is 11.5 Å². The first-order chi connectivity index (χ1) is 10.6. The van der Waals surface area contributed by atoms with E-state index in [1.54, 1.807) is 50.8 Å². The van der Waals surface area contributed by atoms with Crippen molar-refractivity contribution < 1.29 is 14.3 Å². The Bertz CT molecular complexity index is 681. The zero-order chi connectivity index (χ0) is 15.9. The normalized spacial score (nSPS) is 10.5. The molecule has 4 nitrogen and oxygen atoms in total. The van der Waals surface area contributed by atoms with E-state index in [-0.39, 0.29) is 5.78 Å². The molecule has 5 heteroatoms. The molecule has 0 unspecified atom stereocenters. The summed E-state index contributed by atoms with van der Waals surface area (Å²) >= 11 is 3.34. The van der Waals surface area contributed by atoms with Crippen LogP contribution in [0.2, 0.25) is 0 Å². The number of ether oxygens (including phenoxy) is 2. The second-order valence-electron chi connectivity index (χ2n) is 4.42. The van der Waals surface area contributed by atoms with E-state index in [0.717, 1.165) is 10.2 Å². The van der Waals surface area contributed by atoms with Crippen LogP contribution in [0.5, 0.6) is 11.5 Å². The molecule has 1 N–H and O–H groups in total. The van der Waals surface area contributed by atoms with Crippen LogP contribution in [0.25, 0.3) is 0 Å². The molecule has 0 aromatic heterocycles. The molecule has 2 aromatic carbocycles. The SMILES string of the molecule is COc1ccc(OC)c(NC=CC(=O)c2ccc(Br)cc2)c1. The van der Waals surface area contributed by atoms with E-state index in [1.165, 1.54) is 6.08 Å². The molecule has 2 aromatic rings. The average Bonchev–Trinajstić information content (AvgIpc) is 2.55. The minimum Gasteiger partial charge on any atom is -0.497 e. The van der Waals surface area contributed by atoms with Crippen LogP contribution in [0.1, 0.15) is 10.4 Å². The summed E-state index contributed by atoms with van der Waals surface area (Å²) in [5, 5.41) is 3.04. The van der Waals surface area contributed by atoms with Crippen LogP contribution in [0.15, 0.2) is 59.2 Å². The molecular formula is C17H16BrNO3. The predicted octanol–water partition coefficient (Wildman–Crippen LogP) is 4.27. The molecule has 0 heterocycles. The van der Waals surface area contributed by atoms with Gasteiger partial charge in [-0.25, -0.2) is 0 Å². The van der Waals surface area contributed by atoms with E-state index in [4.69, 9.17) is 9.47 Å². The number of methoxy groups -OCH3 is 2. The van der Waals surface area contributed by atoms with Crippen molar-refractivity contribution in [2.45, 2.75) is 0 Å². The fourth-order valence-corrected chi connectivity index (χ4v) is 2.11. The van der Waals surface area contributed by atoms with E-state index in [2.05, 4.69) is 21.2 Å². The molecule has 0 aliphatic heterocycles. The maximum absolute atomic E-state index is 12.0. The topological polar surface area (TPSA) is 47.6 Å². The number of hydrogen-bond donors (Lipinski definition) is 1. The van der Waals surface area contributed by atoms with Gasteiger partial charge in [-0.2, -0.15) is 0 Å². The van der Waals surface area contributed by atoms with Gasteiger partial charge in [-0.1, -0.05) is 15.9 Å². The summed E-state index contributed by atoms with van der Waals surface area (Å²) in [4.78, 5) is 12.0. The number of carbonyl (C=O) groups excluding carboxylic acids is 1. The number of anilines is 1. The molecule has 0 aliphatic rings. The summed E-state index contributed by atoms with van der Waals surface area (Å²) in [5.74, 6) is 1.29. The molecule has 0 aliphatic carbocycles. The van der Waals surface area contributed by atoms with Gasteiger partial charge in [-0.05, 0) is 36.4 Å². The summed E-state index contributed by atoms with van der Waals surface area (Å²) in [5.41, 5.74) is 1.35. The highest BCUT2D eigenvalue weighted by molar-refractivity contribution is 9.10.